The zero-order valence-corrected chi connectivity index (χ0v) is 13.9. The second-order valence-electron chi connectivity index (χ2n) is 7.87. The number of para-hydroxylation sites is 1. The van der Waals surface area contributed by atoms with E-state index in [1.165, 1.54) is 5.56 Å². The number of rotatable bonds is 5. The van der Waals surface area contributed by atoms with Crippen LogP contribution in [0.3, 0.4) is 0 Å². The van der Waals surface area contributed by atoms with E-state index in [2.05, 4.69) is 39.8 Å². The third kappa shape index (κ3) is 5.03. The summed E-state index contributed by atoms with van der Waals surface area (Å²) in [4.78, 5) is 0. The third-order valence-corrected chi connectivity index (χ3v) is 4.27. The summed E-state index contributed by atoms with van der Waals surface area (Å²) >= 11 is 0. The molecule has 118 valence electrons. The Morgan fingerprint density at radius 1 is 1.29 bits per heavy atom. The number of hydrogen-bond acceptors (Lipinski definition) is 2. The predicted octanol–water partition coefficient (Wildman–Crippen LogP) is 4.77. The Labute approximate surface area is 129 Å². The average molecular weight is 290 g/mol. The first-order chi connectivity index (χ1) is 9.85. The van der Waals surface area contributed by atoms with Gasteiger partial charge >= 0.3 is 0 Å². The maximum absolute atomic E-state index is 10.5. The second kappa shape index (κ2) is 6.83. The Balaban J connectivity index is 1.90. The van der Waals surface area contributed by atoms with Gasteiger partial charge in [-0.2, -0.15) is 0 Å². The quantitative estimate of drug-likeness (QED) is 0.846. The maximum atomic E-state index is 10.5. The SMILES string of the molecule is CC(CC(O)CC1CCOc2ccccc21)CC(C)(C)C. The molecule has 0 fully saturated rings. The van der Waals surface area contributed by atoms with E-state index < -0.39 is 0 Å². The lowest BCUT2D eigenvalue weighted by Gasteiger charge is -2.29. The molecule has 1 N–H and O–H groups in total. The highest BCUT2D eigenvalue weighted by Crippen LogP contribution is 2.37. The topological polar surface area (TPSA) is 29.5 Å². The van der Waals surface area contributed by atoms with Crippen LogP contribution in [-0.2, 0) is 0 Å². The summed E-state index contributed by atoms with van der Waals surface area (Å²) < 4.78 is 5.70. The Hall–Kier alpha value is -1.02. The highest BCUT2D eigenvalue weighted by molar-refractivity contribution is 5.37. The molecule has 1 heterocycles. The molecule has 2 nitrogen and oxygen atoms in total. The molecule has 0 bridgehead atoms. The minimum atomic E-state index is -0.210. The largest absolute Gasteiger partial charge is 0.493 e. The summed E-state index contributed by atoms with van der Waals surface area (Å²) in [5.41, 5.74) is 1.61. The van der Waals surface area contributed by atoms with Gasteiger partial charge < -0.3 is 9.84 Å². The number of fused-ring (bicyclic) bond motifs is 1. The molecular weight excluding hydrogens is 260 g/mol. The lowest BCUT2D eigenvalue weighted by atomic mass is 9.81. The van der Waals surface area contributed by atoms with Gasteiger partial charge in [0.25, 0.3) is 0 Å². The van der Waals surface area contributed by atoms with Gasteiger partial charge in [0.15, 0.2) is 0 Å². The summed E-state index contributed by atoms with van der Waals surface area (Å²) in [7, 11) is 0. The molecule has 0 spiro atoms. The summed E-state index contributed by atoms with van der Waals surface area (Å²) in [5, 5.41) is 10.5. The van der Waals surface area contributed by atoms with Crippen LogP contribution in [-0.4, -0.2) is 17.8 Å². The van der Waals surface area contributed by atoms with Gasteiger partial charge in [0.1, 0.15) is 5.75 Å². The summed E-state index contributed by atoms with van der Waals surface area (Å²) in [6, 6.07) is 8.26. The molecule has 0 aromatic heterocycles. The van der Waals surface area contributed by atoms with E-state index in [1.807, 2.05) is 12.1 Å². The van der Waals surface area contributed by atoms with E-state index in [9.17, 15) is 5.11 Å². The molecule has 1 aromatic rings. The molecule has 0 saturated carbocycles. The van der Waals surface area contributed by atoms with Crippen LogP contribution in [0.25, 0.3) is 0 Å². The van der Waals surface area contributed by atoms with Crippen LogP contribution in [0.5, 0.6) is 5.75 Å². The number of aliphatic hydroxyl groups is 1. The van der Waals surface area contributed by atoms with Gasteiger partial charge in [-0.05, 0) is 54.6 Å². The van der Waals surface area contributed by atoms with Crippen molar-refractivity contribution >= 4 is 0 Å². The fourth-order valence-corrected chi connectivity index (χ4v) is 3.68. The van der Waals surface area contributed by atoms with E-state index in [1.54, 1.807) is 0 Å². The van der Waals surface area contributed by atoms with Gasteiger partial charge in [0.05, 0.1) is 12.7 Å². The van der Waals surface area contributed by atoms with Crippen molar-refractivity contribution in [3.63, 3.8) is 0 Å². The van der Waals surface area contributed by atoms with Crippen molar-refractivity contribution in [2.75, 3.05) is 6.61 Å². The highest BCUT2D eigenvalue weighted by Gasteiger charge is 2.25. The summed E-state index contributed by atoms with van der Waals surface area (Å²) in [6.07, 6.45) is 3.72. The van der Waals surface area contributed by atoms with E-state index >= 15 is 0 Å². The predicted molar refractivity (Wildman–Crippen MR) is 87.8 cm³/mol. The Kier molecular flexibility index (Phi) is 5.32. The van der Waals surface area contributed by atoms with Crippen LogP contribution in [0.4, 0.5) is 0 Å². The summed E-state index contributed by atoms with van der Waals surface area (Å²) in [5.74, 6) is 2.01. The lowest BCUT2D eigenvalue weighted by molar-refractivity contribution is 0.110. The fraction of sp³-hybridized carbons (Fsp3) is 0.684. The fourth-order valence-electron chi connectivity index (χ4n) is 3.68. The van der Waals surface area contributed by atoms with Gasteiger partial charge in [-0.1, -0.05) is 45.9 Å². The molecule has 2 rings (SSSR count). The molecule has 0 saturated heterocycles. The normalized spacial score (nSPS) is 21.3. The van der Waals surface area contributed by atoms with Gasteiger partial charge in [0.2, 0.25) is 0 Å². The van der Waals surface area contributed by atoms with Crippen LogP contribution in [0.1, 0.15) is 64.9 Å². The minimum Gasteiger partial charge on any atom is -0.493 e. The van der Waals surface area contributed by atoms with Gasteiger partial charge in [-0.15, -0.1) is 0 Å². The van der Waals surface area contributed by atoms with E-state index in [-0.39, 0.29) is 6.10 Å². The van der Waals surface area contributed by atoms with Crippen LogP contribution >= 0.6 is 0 Å². The third-order valence-electron chi connectivity index (χ3n) is 4.27. The average Bonchev–Trinajstić information content (AvgIpc) is 2.36. The van der Waals surface area contributed by atoms with Crippen molar-refractivity contribution in [3.05, 3.63) is 29.8 Å². The first-order valence-corrected chi connectivity index (χ1v) is 8.25. The monoisotopic (exact) mass is 290 g/mol. The van der Waals surface area contributed by atoms with Crippen LogP contribution in [0, 0.1) is 11.3 Å². The minimum absolute atomic E-state index is 0.210. The molecule has 3 unspecified atom stereocenters. The molecule has 0 radical (unpaired) electrons. The maximum Gasteiger partial charge on any atom is 0.122 e. The standard InChI is InChI=1S/C19H30O2/c1-14(13-19(2,3)4)11-16(20)12-15-9-10-21-18-8-6-5-7-17(15)18/h5-8,14-16,20H,9-13H2,1-4H3. The smallest absolute Gasteiger partial charge is 0.122 e. The van der Waals surface area contributed by atoms with Crippen molar-refractivity contribution < 1.29 is 9.84 Å². The number of hydrogen-bond donors (Lipinski definition) is 1. The molecular formula is C19H30O2. The zero-order chi connectivity index (χ0) is 15.5. The van der Waals surface area contributed by atoms with Crippen LogP contribution in [0.2, 0.25) is 0 Å². The highest BCUT2D eigenvalue weighted by atomic mass is 16.5. The first-order valence-electron chi connectivity index (χ1n) is 8.25. The van der Waals surface area contributed by atoms with Gasteiger partial charge in [-0.3, -0.25) is 0 Å². The number of ether oxygens (including phenoxy) is 1. The molecule has 0 aliphatic carbocycles. The van der Waals surface area contributed by atoms with Crippen LogP contribution in [0.15, 0.2) is 24.3 Å². The molecule has 2 heteroatoms. The van der Waals surface area contributed by atoms with Crippen LogP contribution < -0.4 is 4.74 Å². The van der Waals surface area contributed by atoms with Crippen molar-refractivity contribution in [1.29, 1.82) is 0 Å². The Morgan fingerprint density at radius 3 is 2.71 bits per heavy atom. The van der Waals surface area contributed by atoms with E-state index in [0.717, 1.165) is 38.0 Å². The Morgan fingerprint density at radius 2 is 2.00 bits per heavy atom. The van der Waals surface area contributed by atoms with Crippen molar-refractivity contribution in [3.8, 4) is 5.75 Å². The second-order valence-corrected chi connectivity index (χ2v) is 7.87. The van der Waals surface area contributed by atoms with Crippen molar-refractivity contribution in [2.24, 2.45) is 11.3 Å². The molecule has 0 amide bonds. The first kappa shape index (κ1) is 16.4. The van der Waals surface area contributed by atoms with E-state index in [4.69, 9.17) is 4.74 Å². The van der Waals surface area contributed by atoms with Crippen molar-refractivity contribution in [1.82, 2.24) is 0 Å². The summed E-state index contributed by atoms with van der Waals surface area (Å²) in [6.45, 7) is 9.83. The van der Waals surface area contributed by atoms with Gasteiger partial charge in [0, 0.05) is 0 Å². The number of benzene rings is 1. The molecule has 3 atom stereocenters. The molecule has 21 heavy (non-hydrogen) atoms. The zero-order valence-electron chi connectivity index (χ0n) is 13.9. The molecule has 1 aliphatic rings. The Bertz CT molecular complexity index is 447. The van der Waals surface area contributed by atoms with Gasteiger partial charge in [-0.25, -0.2) is 0 Å². The molecule has 1 aromatic carbocycles. The van der Waals surface area contributed by atoms with E-state index in [0.29, 0.717) is 17.3 Å². The molecule has 1 aliphatic heterocycles. The lowest BCUT2D eigenvalue weighted by Crippen LogP contribution is -2.22. The van der Waals surface area contributed by atoms with Crippen molar-refractivity contribution in [2.45, 2.75) is 65.4 Å². The number of aliphatic hydroxyl groups excluding tert-OH is 1.